The highest BCUT2D eigenvalue weighted by Crippen LogP contribution is 2.48. The van der Waals surface area contributed by atoms with E-state index in [1.54, 1.807) is 0 Å². The Balaban J connectivity index is 2.49. The van der Waals surface area contributed by atoms with Crippen molar-refractivity contribution in [3.05, 3.63) is 41.8 Å². The van der Waals surface area contributed by atoms with Gasteiger partial charge in [0.2, 0.25) is 0 Å². The molecule has 0 fully saturated rings. The average Bonchev–Trinajstić information content (AvgIpc) is 2.79. The van der Waals surface area contributed by atoms with E-state index in [9.17, 15) is 0 Å². The molecule has 0 atom stereocenters. The lowest BCUT2D eigenvalue weighted by atomic mass is 9.96. The molecule has 0 radical (unpaired) electrons. The molecule has 24 heavy (non-hydrogen) atoms. The van der Waals surface area contributed by atoms with Crippen molar-refractivity contribution in [2.45, 2.75) is 84.0 Å². The van der Waals surface area contributed by atoms with Crippen molar-refractivity contribution < 1.29 is 9.16 Å². The topological polar surface area (TPSA) is 18.5 Å². The van der Waals surface area contributed by atoms with Gasteiger partial charge in [-0.15, -0.1) is 0 Å². The van der Waals surface area contributed by atoms with Gasteiger partial charge in [0.1, 0.15) is 5.60 Å². The summed E-state index contributed by atoms with van der Waals surface area (Å²) < 4.78 is 13.2. The van der Waals surface area contributed by atoms with Crippen molar-refractivity contribution >= 4 is 13.9 Å². The minimum absolute atomic E-state index is 0.203. The number of hydrogen-bond donors (Lipinski definition) is 0. The second-order valence-electron chi connectivity index (χ2n) is 8.59. The number of ether oxygens (including phenoxy) is 1. The lowest BCUT2D eigenvalue weighted by Crippen LogP contribution is -2.47. The molecule has 2 nitrogen and oxygen atoms in total. The summed E-state index contributed by atoms with van der Waals surface area (Å²) in [5, 5.41) is 0. The molecule has 0 N–H and O–H groups in total. The molecular weight excluding hydrogens is 312 g/mol. The van der Waals surface area contributed by atoms with E-state index in [1.807, 2.05) is 0 Å². The first-order valence-electron chi connectivity index (χ1n) is 9.26. The molecule has 0 aromatic heterocycles. The Morgan fingerprint density at radius 3 is 1.88 bits per heavy atom. The average molecular weight is 347 g/mol. The quantitative estimate of drug-likeness (QED) is 0.531. The summed E-state index contributed by atoms with van der Waals surface area (Å²) in [5.41, 5.74) is 3.85. The van der Waals surface area contributed by atoms with E-state index in [0.29, 0.717) is 16.6 Å². The molecule has 0 saturated carbocycles. The van der Waals surface area contributed by atoms with Crippen LogP contribution < -0.4 is 0 Å². The van der Waals surface area contributed by atoms with Gasteiger partial charge in [-0.3, -0.25) is 0 Å². The molecule has 1 heterocycles. The Kier molecular flexibility index (Phi) is 5.53. The summed E-state index contributed by atoms with van der Waals surface area (Å²) in [6, 6.07) is 10.5. The van der Waals surface area contributed by atoms with Crippen molar-refractivity contribution in [2.24, 2.45) is 0 Å². The lowest BCUT2D eigenvalue weighted by molar-refractivity contribution is 0.00269. The van der Waals surface area contributed by atoms with Gasteiger partial charge in [-0.1, -0.05) is 71.9 Å². The zero-order valence-corrected chi connectivity index (χ0v) is 17.6. The Labute approximate surface area is 149 Å². The highest BCUT2D eigenvalue weighted by Gasteiger charge is 2.49. The van der Waals surface area contributed by atoms with Crippen molar-refractivity contribution in [3.8, 4) is 0 Å². The van der Waals surface area contributed by atoms with Gasteiger partial charge in [-0.2, -0.15) is 0 Å². The Hall–Kier alpha value is -1.22. The van der Waals surface area contributed by atoms with E-state index in [1.165, 1.54) is 11.1 Å². The second-order valence-corrected chi connectivity index (χ2v) is 14.0. The molecule has 2 rings (SSSR count). The van der Waals surface area contributed by atoms with Crippen LogP contribution in [0.15, 0.2) is 36.3 Å². The minimum Gasteiger partial charge on any atom is -0.518 e. The first-order valence-corrected chi connectivity index (χ1v) is 11.4. The van der Waals surface area contributed by atoms with Gasteiger partial charge in [0.25, 0.3) is 14.3 Å². The van der Waals surface area contributed by atoms with Crippen LogP contribution in [0.2, 0.25) is 16.6 Å². The van der Waals surface area contributed by atoms with E-state index in [4.69, 9.17) is 9.16 Å². The Morgan fingerprint density at radius 1 is 0.917 bits per heavy atom. The highest BCUT2D eigenvalue weighted by molar-refractivity contribution is 6.77. The zero-order valence-electron chi connectivity index (χ0n) is 16.6. The maximum Gasteiger partial charge on any atom is 0.269 e. The third-order valence-corrected chi connectivity index (χ3v) is 11.3. The van der Waals surface area contributed by atoms with Crippen LogP contribution in [-0.2, 0) is 9.16 Å². The van der Waals surface area contributed by atoms with E-state index in [0.717, 1.165) is 12.4 Å². The van der Waals surface area contributed by atoms with Crippen molar-refractivity contribution in [1.29, 1.82) is 0 Å². The minimum atomic E-state index is -2.01. The van der Waals surface area contributed by atoms with Crippen molar-refractivity contribution in [1.82, 2.24) is 0 Å². The summed E-state index contributed by atoms with van der Waals surface area (Å²) in [6.45, 7) is 18.2. The van der Waals surface area contributed by atoms with Crippen LogP contribution in [0.4, 0.5) is 0 Å². The summed E-state index contributed by atoms with van der Waals surface area (Å²) >= 11 is 0. The molecule has 1 aromatic rings. The number of benzene rings is 1. The molecule has 0 saturated heterocycles. The number of rotatable bonds is 6. The van der Waals surface area contributed by atoms with Crippen LogP contribution in [0, 0.1) is 0 Å². The molecule has 1 aliphatic rings. The zero-order chi connectivity index (χ0) is 18.1. The van der Waals surface area contributed by atoms with Crippen LogP contribution in [0.5, 0.6) is 0 Å². The Morgan fingerprint density at radius 2 is 1.42 bits per heavy atom. The molecule has 0 amide bonds. The third kappa shape index (κ3) is 3.56. The SMILES string of the molecule is CC(C)[Si](OC1=C(c2ccccc2)CC(C)(C)O1)(C(C)C)C(C)C. The summed E-state index contributed by atoms with van der Waals surface area (Å²) in [4.78, 5) is 0. The van der Waals surface area contributed by atoms with Gasteiger partial charge in [-0.05, 0) is 36.0 Å². The van der Waals surface area contributed by atoms with E-state index in [-0.39, 0.29) is 5.60 Å². The fourth-order valence-electron chi connectivity index (χ4n) is 4.30. The van der Waals surface area contributed by atoms with Gasteiger partial charge in [0.15, 0.2) is 0 Å². The maximum absolute atomic E-state index is 6.88. The second kappa shape index (κ2) is 6.95. The van der Waals surface area contributed by atoms with Crippen LogP contribution in [0.1, 0.15) is 67.4 Å². The third-order valence-electron chi connectivity index (χ3n) is 5.32. The van der Waals surface area contributed by atoms with Gasteiger partial charge in [0, 0.05) is 12.0 Å². The molecular formula is C21H34O2Si. The van der Waals surface area contributed by atoms with Crippen LogP contribution in [0.25, 0.3) is 5.57 Å². The molecule has 0 bridgehead atoms. The molecule has 1 aliphatic heterocycles. The van der Waals surface area contributed by atoms with E-state index >= 15 is 0 Å². The predicted octanol–water partition coefficient (Wildman–Crippen LogP) is 6.75. The van der Waals surface area contributed by atoms with E-state index < -0.39 is 8.32 Å². The van der Waals surface area contributed by atoms with Crippen LogP contribution in [0.3, 0.4) is 0 Å². The van der Waals surface area contributed by atoms with Gasteiger partial charge < -0.3 is 9.16 Å². The first kappa shape index (κ1) is 19.1. The fraction of sp³-hybridized carbons (Fsp3) is 0.619. The molecule has 134 valence electrons. The molecule has 0 unspecified atom stereocenters. The van der Waals surface area contributed by atoms with Crippen LogP contribution >= 0.6 is 0 Å². The van der Waals surface area contributed by atoms with Crippen molar-refractivity contribution in [2.75, 3.05) is 0 Å². The molecule has 1 aromatic carbocycles. The lowest BCUT2D eigenvalue weighted by Gasteiger charge is -2.42. The van der Waals surface area contributed by atoms with Gasteiger partial charge in [0.05, 0.1) is 0 Å². The molecule has 0 spiro atoms. The molecule has 3 heteroatoms. The van der Waals surface area contributed by atoms with Crippen molar-refractivity contribution in [3.63, 3.8) is 0 Å². The van der Waals surface area contributed by atoms with Gasteiger partial charge in [-0.25, -0.2) is 0 Å². The summed E-state index contributed by atoms with van der Waals surface area (Å²) in [5.74, 6) is 0.786. The summed E-state index contributed by atoms with van der Waals surface area (Å²) in [7, 11) is -2.01. The normalized spacial score (nSPS) is 17.8. The van der Waals surface area contributed by atoms with Gasteiger partial charge >= 0.3 is 0 Å². The highest BCUT2D eigenvalue weighted by atomic mass is 28.4. The largest absolute Gasteiger partial charge is 0.518 e. The smallest absolute Gasteiger partial charge is 0.269 e. The standard InChI is InChI=1S/C21H34O2Si/c1-15(2)24(16(3)4,17(5)6)23-20-19(14-21(7,8)22-20)18-12-10-9-11-13-18/h9-13,15-17H,14H2,1-8H3. The summed E-state index contributed by atoms with van der Waals surface area (Å²) in [6.07, 6.45) is 0.894. The fourth-order valence-corrected chi connectivity index (χ4v) is 9.50. The van der Waals surface area contributed by atoms with E-state index in [2.05, 4.69) is 85.7 Å². The predicted molar refractivity (Wildman–Crippen MR) is 105 cm³/mol. The number of hydrogen-bond acceptors (Lipinski definition) is 2. The first-order chi connectivity index (χ1) is 11.1. The van der Waals surface area contributed by atoms with Crippen LogP contribution in [-0.4, -0.2) is 13.9 Å². The maximum atomic E-state index is 6.88. The molecule has 0 aliphatic carbocycles. The Bertz CT molecular complexity index is 563. The monoisotopic (exact) mass is 346 g/mol.